The van der Waals surface area contributed by atoms with Crippen molar-refractivity contribution in [1.82, 2.24) is 20.4 Å². The summed E-state index contributed by atoms with van der Waals surface area (Å²) in [6.45, 7) is 1.80. The second-order valence-electron chi connectivity index (χ2n) is 6.55. The number of aromatic amines is 1. The molecule has 0 atom stereocenters. The minimum atomic E-state index is -0.104. The average molecular weight is 468 g/mol. The fourth-order valence-corrected chi connectivity index (χ4v) is 4.08. The van der Waals surface area contributed by atoms with Crippen LogP contribution in [0.25, 0.3) is 22.4 Å². The Labute approximate surface area is 175 Å². The molecule has 3 aromatic rings. The van der Waals surface area contributed by atoms with Crippen molar-refractivity contribution in [3.05, 3.63) is 50.4 Å². The fourth-order valence-electron chi connectivity index (χ4n) is 3.19. The van der Waals surface area contributed by atoms with E-state index in [0.717, 1.165) is 47.0 Å². The van der Waals surface area contributed by atoms with Gasteiger partial charge in [0, 0.05) is 28.7 Å². The van der Waals surface area contributed by atoms with Crippen LogP contribution in [-0.2, 0) is 0 Å². The van der Waals surface area contributed by atoms with Crippen LogP contribution in [-0.4, -0.2) is 34.0 Å². The van der Waals surface area contributed by atoms with Gasteiger partial charge in [0.1, 0.15) is 5.82 Å². The molecule has 0 radical (unpaired) electrons. The van der Waals surface area contributed by atoms with Crippen molar-refractivity contribution in [2.75, 3.05) is 13.1 Å². The van der Waals surface area contributed by atoms with Gasteiger partial charge in [0.25, 0.3) is 5.91 Å². The molecule has 4 rings (SSSR count). The molecule has 1 aliphatic rings. The SMILES string of the molecule is O=C(NN1CCCCC1)c1ccc(-c2nc3cc(Cl)c(Cl)cc3[nH]2)c(Br)c1. The van der Waals surface area contributed by atoms with E-state index in [-0.39, 0.29) is 5.91 Å². The Morgan fingerprint density at radius 2 is 1.85 bits per heavy atom. The highest BCUT2D eigenvalue weighted by atomic mass is 79.9. The van der Waals surface area contributed by atoms with E-state index in [1.54, 1.807) is 18.2 Å². The van der Waals surface area contributed by atoms with Gasteiger partial charge in [-0.1, -0.05) is 45.6 Å². The number of imidazole rings is 1. The van der Waals surface area contributed by atoms with Crippen molar-refractivity contribution in [2.24, 2.45) is 0 Å². The maximum absolute atomic E-state index is 12.5. The zero-order valence-corrected chi connectivity index (χ0v) is 17.5. The summed E-state index contributed by atoms with van der Waals surface area (Å²) in [4.78, 5) is 20.3. The molecule has 1 aromatic heterocycles. The average Bonchev–Trinajstić information content (AvgIpc) is 3.05. The number of benzene rings is 2. The summed E-state index contributed by atoms with van der Waals surface area (Å²) in [5.41, 5.74) is 5.97. The Hall–Kier alpha value is -1.60. The predicted octanol–water partition coefficient (Wildman–Crippen LogP) is 5.43. The standard InChI is InChI=1S/C19H17BrCl2N4O/c20-13-8-11(19(27)25-26-6-2-1-3-7-26)4-5-12(13)18-23-16-9-14(21)15(22)10-17(16)24-18/h4-5,8-10H,1-3,6-7H2,(H,23,24)(H,25,27). The summed E-state index contributed by atoms with van der Waals surface area (Å²) in [7, 11) is 0. The molecule has 0 bridgehead atoms. The first-order valence-corrected chi connectivity index (χ1v) is 10.3. The molecule has 2 aromatic carbocycles. The van der Waals surface area contributed by atoms with Gasteiger partial charge in [-0.15, -0.1) is 0 Å². The van der Waals surface area contributed by atoms with Crippen molar-refractivity contribution in [3.8, 4) is 11.4 Å². The highest BCUT2D eigenvalue weighted by Gasteiger charge is 2.16. The molecule has 1 aliphatic heterocycles. The van der Waals surface area contributed by atoms with Gasteiger partial charge < -0.3 is 4.98 Å². The number of nitrogens with one attached hydrogen (secondary N) is 2. The first-order valence-electron chi connectivity index (χ1n) is 8.72. The molecule has 2 heterocycles. The van der Waals surface area contributed by atoms with Crippen LogP contribution in [0.5, 0.6) is 0 Å². The summed E-state index contributed by atoms with van der Waals surface area (Å²) in [5.74, 6) is 0.575. The smallest absolute Gasteiger partial charge is 0.265 e. The van der Waals surface area contributed by atoms with Crippen LogP contribution in [0.2, 0.25) is 10.0 Å². The molecular weight excluding hydrogens is 451 g/mol. The van der Waals surface area contributed by atoms with Crippen LogP contribution in [0.3, 0.4) is 0 Å². The zero-order chi connectivity index (χ0) is 19.0. The van der Waals surface area contributed by atoms with E-state index in [0.29, 0.717) is 21.4 Å². The number of carbonyl (C=O) groups is 1. The summed E-state index contributed by atoms with van der Waals surface area (Å²) < 4.78 is 0.782. The van der Waals surface area contributed by atoms with Gasteiger partial charge in [0.05, 0.1) is 21.1 Å². The largest absolute Gasteiger partial charge is 0.338 e. The molecule has 27 heavy (non-hydrogen) atoms. The number of hydrazine groups is 1. The third-order valence-electron chi connectivity index (χ3n) is 4.63. The number of carbonyl (C=O) groups excluding carboxylic acids is 1. The molecule has 2 N–H and O–H groups in total. The molecule has 5 nitrogen and oxygen atoms in total. The van der Waals surface area contributed by atoms with Crippen molar-refractivity contribution in [1.29, 1.82) is 0 Å². The molecule has 0 saturated carbocycles. The van der Waals surface area contributed by atoms with Crippen LogP contribution < -0.4 is 5.43 Å². The Morgan fingerprint density at radius 3 is 2.59 bits per heavy atom. The number of halogens is 3. The monoisotopic (exact) mass is 466 g/mol. The van der Waals surface area contributed by atoms with Crippen LogP contribution in [0.4, 0.5) is 0 Å². The summed E-state index contributed by atoms with van der Waals surface area (Å²) in [6.07, 6.45) is 3.45. The summed E-state index contributed by atoms with van der Waals surface area (Å²) >= 11 is 15.7. The number of amides is 1. The topological polar surface area (TPSA) is 61.0 Å². The number of hydrogen-bond donors (Lipinski definition) is 2. The normalized spacial score (nSPS) is 15.2. The molecule has 1 fully saturated rings. The van der Waals surface area contributed by atoms with Crippen molar-refractivity contribution < 1.29 is 4.79 Å². The van der Waals surface area contributed by atoms with Crippen molar-refractivity contribution in [3.63, 3.8) is 0 Å². The molecule has 0 unspecified atom stereocenters. The maximum Gasteiger partial charge on any atom is 0.265 e. The van der Waals surface area contributed by atoms with Gasteiger partial charge in [0.15, 0.2) is 0 Å². The third-order valence-corrected chi connectivity index (χ3v) is 6.00. The lowest BCUT2D eigenvalue weighted by Gasteiger charge is -2.26. The Morgan fingerprint density at radius 1 is 1.11 bits per heavy atom. The van der Waals surface area contributed by atoms with Crippen molar-refractivity contribution in [2.45, 2.75) is 19.3 Å². The van der Waals surface area contributed by atoms with Gasteiger partial charge in [-0.2, -0.15) is 0 Å². The molecule has 8 heteroatoms. The molecule has 140 valence electrons. The number of piperidine rings is 1. The van der Waals surface area contributed by atoms with Gasteiger partial charge >= 0.3 is 0 Å². The number of rotatable bonds is 3. The number of fused-ring (bicyclic) bond motifs is 1. The lowest BCUT2D eigenvalue weighted by Crippen LogP contribution is -2.45. The summed E-state index contributed by atoms with van der Waals surface area (Å²) in [6, 6.07) is 8.96. The Bertz CT molecular complexity index is 975. The first kappa shape index (κ1) is 18.7. The molecular formula is C19H17BrCl2N4O. The highest BCUT2D eigenvalue weighted by Crippen LogP contribution is 2.32. The third kappa shape index (κ3) is 3.99. The second kappa shape index (κ2) is 7.80. The van der Waals surface area contributed by atoms with E-state index in [2.05, 4.69) is 31.3 Å². The van der Waals surface area contributed by atoms with E-state index in [1.807, 2.05) is 17.1 Å². The molecule has 1 amide bonds. The number of nitrogens with zero attached hydrogens (tertiary/aromatic N) is 2. The highest BCUT2D eigenvalue weighted by molar-refractivity contribution is 9.10. The van der Waals surface area contributed by atoms with E-state index >= 15 is 0 Å². The van der Waals surface area contributed by atoms with Crippen LogP contribution in [0.15, 0.2) is 34.8 Å². The molecule has 0 aliphatic carbocycles. The van der Waals surface area contributed by atoms with Crippen LogP contribution >= 0.6 is 39.1 Å². The molecule has 1 saturated heterocycles. The zero-order valence-electron chi connectivity index (χ0n) is 14.4. The lowest BCUT2D eigenvalue weighted by atomic mass is 10.1. The Kier molecular flexibility index (Phi) is 5.41. The number of H-pyrrole nitrogens is 1. The quantitative estimate of drug-likeness (QED) is 0.539. The van der Waals surface area contributed by atoms with Gasteiger partial charge in [-0.3, -0.25) is 10.2 Å². The minimum Gasteiger partial charge on any atom is -0.338 e. The fraction of sp³-hybridized carbons (Fsp3) is 0.263. The van der Waals surface area contributed by atoms with Crippen molar-refractivity contribution >= 4 is 56.1 Å². The van der Waals surface area contributed by atoms with Gasteiger partial charge in [0.2, 0.25) is 0 Å². The van der Waals surface area contributed by atoms with E-state index in [4.69, 9.17) is 23.2 Å². The van der Waals surface area contributed by atoms with Gasteiger partial charge in [-0.25, -0.2) is 9.99 Å². The molecule has 0 spiro atoms. The minimum absolute atomic E-state index is 0.104. The second-order valence-corrected chi connectivity index (χ2v) is 8.22. The number of aromatic nitrogens is 2. The first-order chi connectivity index (χ1) is 13.0. The number of hydrogen-bond acceptors (Lipinski definition) is 3. The van der Waals surface area contributed by atoms with E-state index < -0.39 is 0 Å². The van der Waals surface area contributed by atoms with Crippen LogP contribution in [0, 0.1) is 0 Å². The van der Waals surface area contributed by atoms with E-state index in [1.165, 1.54) is 6.42 Å². The van der Waals surface area contributed by atoms with Crippen LogP contribution in [0.1, 0.15) is 29.6 Å². The summed E-state index contributed by atoms with van der Waals surface area (Å²) in [5, 5.41) is 2.93. The maximum atomic E-state index is 12.5. The lowest BCUT2D eigenvalue weighted by molar-refractivity contribution is 0.0750. The van der Waals surface area contributed by atoms with Gasteiger partial charge in [-0.05, 0) is 43.2 Å². The predicted molar refractivity (Wildman–Crippen MR) is 112 cm³/mol. The van der Waals surface area contributed by atoms with E-state index in [9.17, 15) is 4.79 Å². The Balaban J connectivity index is 1.59.